The molecular formula is C17H21ClN2O. The summed E-state index contributed by atoms with van der Waals surface area (Å²) in [4.78, 5) is 6.85. The van der Waals surface area contributed by atoms with E-state index < -0.39 is 0 Å². The zero-order valence-electron chi connectivity index (χ0n) is 12.4. The standard InChI is InChI=1S/C17H21ClN2O/c1-20-9-5-4-6-14(20)12-21-17-16-8-3-2-7-15(16)13(10-18)11-19-17/h2-3,7-8,11,14H,4-6,9-10,12H2,1H3. The second kappa shape index (κ2) is 6.63. The van der Waals surface area contributed by atoms with E-state index in [4.69, 9.17) is 16.3 Å². The quantitative estimate of drug-likeness (QED) is 0.803. The summed E-state index contributed by atoms with van der Waals surface area (Å²) in [6, 6.07) is 8.66. The van der Waals surface area contributed by atoms with Gasteiger partial charge in [0.15, 0.2) is 0 Å². The van der Waals surface area contributed by atoms with Crippen LogP contribution in [0.3, 0.4) is 0 Å². The summed E-state index contributed by atoms with van der Waals surface area (Å²) in [5, 5.41) is 2.18. The van der Waals surface area contributed by atoms with E-state index in [2.05, 4.69) is 29.1 Å². The van der Waals surface area contributed by atoms with Gasteiger partial charge in [0.2, 0.25) is 5.88 Å². The number of nitrogens with zero attached hydrogens (tertiary/aromatic N) is 2. The van der Waals surface area contributed by atoms with Gasteiger partial charge in [-0.05, 0) is 43.5 Å². The van der Waals surface area contributed by atoms with Gasteiger partial charge in [0, 0.05) is 23.5 Å². The molecule has 2 heterocycles. The lowest BCUT2D eigenvalue weighted by atomic mass is 10.0. The number of alkyl halides is 1. The summed E-state index contributed by atoms with van der Waals surface area (Å²) in [7, 11) is 2.18. The SMILES string of the molecule is CN1CCCCC1COc1ncc(CCl)c2ccccc12. The molecule has 1 fully saturated rings. The molecule has 1 atom stereocenters. The molecule has 1 unspecified atom stereocenters. The molecule has 21 heavy (non-hydrogen) atoms. The Bertz CT molecular complexity index is 617. The minimum Gasteiger partial charge on any atom is -0.476 e. The van der Waals surface area contributed by atoms with Gasteiger partial charge in [-0.2, -0.15) is 0 Å². The Balaban J connectivity index is 1.81. The van der Waals surface area contributed by atoms with Crippen LogP contribution in [0.25, 0.3) is 10.8 Å². The number of rotatable bonds is 4. The second-order valence-corrected chi connectivity index (χ2v) is 5.98. The molecule has 0 N–H and O–H groups in total. The predicted molar refractivity (Wildman–Crippen MR) is 87.1 cm³/mol. The van der Waals surface area contributed by atoms with Crippen LogP contribution in [-0.4, -0.2) is 36.1 Å². The fourth-order valence-corrected chi connectivity index (χ4v) is 3.19. The van der Waals surface area contributed by atoms with E-state index >= 15 is 0 Å². The average Bonchev–Trinajstić information content (AvgIpc) is 2.54. The molecular weight excluding hydrogens is 284 g/mol. The molecule has 3 nitrogen and oxygen atoms in total. The third-order valence-electron chi connectivity index (χ3n) is 4.32. The van der Waals surface area contributed by atoms with E-state index in [9.17, 15) is 0 Å². The Kier molecular flexibility index (Phi) is 4.61. The van der Waals surface area contributed by atoms with Crippen molar-refractivity contribution in [3.63, 3.8) is 0 Å². The fourth-order valence-electron chi connectivity index (χ4n) is 2.98. The van der Waals surface area contributed by atoms with Crippen molar-refractivity contribution in [1.29, 1.82) is 0 Å². The number of pyridine rings is 1. The minimum atomic E-state index is 0.471. The van der Waals surface area contributed by atoms with Crippen molar-refractivity contribution in [3.8, 4) is 5.88 Å². The Hall–Kier alpha value is -1.32. The first-order chi connectivity index (χ1) is 10.3. The summed E-state index contributed by atoms with van der Waals surface area (Å²) >= 11 is 5.99. The topological polar surface area (TPSA) is 25.4 Å². The molecule has 1 aliphatic rings. The molecule has 0 saturated carbocycles. The van der Waals surface area contributed by atoms with Gasteiger partial charge in [-0.15, -0.1) is 11.6 Å². The molecule has 0 radical (unpaired) electrons. The zero-order chi connectivity index (χ0) is 14.7. The van der Waals surface area contributed by atoms with Gasteiger partial charge in [-0.25, -0.2) is 4.98 Å². The largest absolute Gasteiger partial charge is 0.476 e. The van der Waals surface area contributed by atoms with Crippen molar-refractivity contribution in [2.24, 2.45) is 0 Å². The highest BCUT2D eigenvalue weighted by atomic mass is 35.5. The third kappa shape index (κ3) is 3.14. The zero-order valence-corrected chi connectivity index (χ0v) is 13.1. The van der Waals surface area contributed by atoms with Crippen LogP contribution < -0.4 is 4.74 Å². The normalized spacial score (nSPS) is 19.8. The van der Waals surface area contributed by atoms with Crippen molar-refractivity contribution in [1.82, 2.24) is 9.88 Å². The summed E-state index contributed by atoms with van der Waals surface area (Å²) < 4.78 is 6.03. The molecule has 0 spiro atoms. The Morgan fingerprint density at radius 3 is 2.86 bits per heavy atom. The van der Waals surface area contributed by atoms with E-state index in [1.165, 1.54) is 19.3 Å². The lowest BCUT2D eigenvalue weighted by Gasteiger charge is -2.32. The van der Waals surface area contributed by atoms with Gasteiger partial charge >= 0.3 is 0 Å². The monoisotopic (exact) mass is 304 g/mol. The lowest BCUT2D eigenvalue weighted by molar-refractivity contribution is 0.123. The van der Waals surface area contributed by atoms with Gasteiger partial charge in [-0.1, -0.05) is 24.6 Å². The maximum Gasteiger partial charge on any atom is 0.221 e. The number of likely N-dealkylation sites (tertiary alicyclic amines) is 1. The summed E-state index contributed by atoms with van der Waals surface area (Å²) in [6.07, 6.45) is 5.61. The highest BCUT2D eigenvalue weighted by Gasteiger charge is 2.20. The molecule has 112 valence electrons. The van der Waals surface area contributed by atoms with Crippen LogP contribution in [-0.2, 0) is 5.88 Å². The first kappa shape index (κ1) is 14.6. The molecule has 1 aliphatic heterocycles. The van der Waals surface area contributed by atoms with E-state index in [0.717, 1.165) is 28.8 Å². The number of fused-ring (bicyclic) bond motifs is 1. The smallest absolute Gasteiger partial charge is 0.221 e. The summed E-state index contributed by atoms with van der Waals surface area (Å²) in [5.41, 5.74) is 1.05. The van der Waals surface area contributed by atoms with Crippen LogP contribution in [0.1, 0.15) is 24.8 Å². The first-order valence-corrected chi connectivity index (χ1v) is 8.08. The van der Waals surface area contributed by atoms with E-state index in [1.54, 1.807) is 0 Å². The van der Waals surface area contributed by atoms with Crippen LogP contribution in [0.15, 0.2) is 30.5 Å². The highest BCUT2D eigenvalue weighted by molar-refractivity contribution is 6.18. The van der Waals surface area contributed by atoms with E-state index in [1.807, 2.05) is 18.3 Å². The fraction of sp³-hybridized carbons (Fsp3) is 0.471. The number of halogens is 1. The predicted octanol–water partition coefficient (Wildman–Crippen LogP) is 3.84. The van der Waals surface area contributed by atoms with Crippen molar-refractivity contribution < 1.29 is 4.74 Å². The second-order valence-electron chi connectivity index (χ2n) is 5.71. The highest BCUT2D eigenvalue weighted by Crippen LogP contribution is 2.27. The lowest BCUT2D eigenvalue weighted by Crippen LogP contribution is -2.40. The van der Waals surface area contributed by atoms with Crippen molar-refractivity contribution in [2.45, 2.75) is 31.2 Å². The van der Waals surface area contributed by atoms with Crippen LogP contribution in [0.5, 0.6) is 5.88 Å². The molecule has 1 saturated heterocycles. The average molecular weight is 305 g/mol. The Labute approximate surface area is 130 Å². The number of benzene rings is 1. The number of ether oxygens (including phenoxy) is 1. The number of aromatic nitrogens is 1. The molecule has 1 aromatic heterocycles. The Morgan fingerprint density at radius 1 is 1.29 bits per heavy atom. The van der Waals surface area contributed by atoms with E-state index in [-0.39, 0.29) is 0 Å². The first-order valence-electron chi connectivity index (χ1n) is 7.55. The third-order valence-corrected chi connectivity index (χ3v) is 4.61. The van der Waals surface area contributed by atoms with Crippen molar-refractivity contribution >= 4 is 22.4 Å². The van der Waals surface area contributed by atoms with E-state index in [0.29, 0.717) is 18.5 Å². The van der Waals surface area contributed by atoms with Gasteiger partial charge in [0.25, 0.3) is 0 Å². The molecule has 2 aromatic rings. The number of hydrogen-bond acceptors (Lipinski definition) is 3. The molecule has 0 aliphatic carbocycles. The maximum atomic E-state index is 6.03. The van der Waals surface area contributed by atoms with Gasteiger partial charge in [0.05, 0.1) is 0 Å². The molecule has 4 heteroatoms. The number of hydrogen-bond donors (Lipinski definition) is 0. The van der Waals surface area contributed by atoms with Gasteiger partial charge < -0.3 is 9.64 Å². The van der Waals surface area contributed by atoms with Crippen LogP contribution in [0.4, 0.5) is 0 Å². The number of likely N-dealkylation sites (N-methyl/N-ethyl adjacent to an activating group) is 1. The Morgan fingerprint density at radius 2 is 2.10 bits per heavy atom. The molecule has 1 aromatic carbocycles. The summed E-state index contributed by atoms with van der Waals surface area (Å²) in [6.45, 7) is 1.86. The van der Waals surface area contributed by atoms with Crippen LogP contribution in [0, 0.1) is 0 Å². The summed E-state index contributed by atoms with van der Waals surface area (Å²) in [5.74, 6) is 1.19. The van der Waals surface area contributed by atoms with Gasteiger partial charge in [-0.3, -0.25) is 0 Å². The minimum absolute atomic E-state index is 0.471. The van der Waals surface area contributed by atoms with Crippen LogP contribution >= 0.6 is 11.6 Å². The van der Waals surface area contributed by atoms with Crippen molar-refractivity contribution in [2.75, 3.05) is 20.2 Å². The molecule has 3 rings (SSSR count). The van der Waals surface area contributed by atoms with Crippen LogP contribution in [0.2, 0.25) is 0 Å². The van der Waals surface area contributed by atoms with Gasteiger partial charge in [0.1, 0.15) is 6.61 Å². The van der Waals surface area contributed by atoms with Crippen molar-refractivity contribution in [3.05, 3.63) is 36.0 Å². The molecule has 0 bridgehead atoms. The number of piperidine rings is 1. The molecule has 0 amide bonds. The maximum absolute atomic E-state index is 6.03.